The van der Waals surface area contributed by atoms with Crippen LogP contribution in [0, 0.1) is 0 Å². The number of carbonyl (C=O) groups is 1. The summed E-state index contributed by atoms with van der Waals surface area (Å²) in [5.74, 6) is 0.203. The zero-order chi connectivity index (χ0) is 12.4. The lowest BCUT2D eigenvalue weighted by Gasteiger charge is -2.19. The normalized spacial score (nSPS) is 21.9. The summed E-state index contributed by atoms with van der Waals surface area (Å²) in [7, 11) is 1.86. The summed E-state index contributed by atoms with van der Waals surface area (Å²) in [4.78, 5) is 13.6. The number of hydrogen-bond donors (Lipinski definition) is 1. The highest BCUT2D eigenvalue weighted by molar-refractivity contribution is 9.10. The number of carbonyl (C=O) groups excluding carboxylic acids is 1. The Kier molecular flexibility index (Phi) is 3.84. The summed E-state index contributed by atoms with van der Waals surface area (Å²) in [6, 6.07) is 8.37. The molecular formula is C13H17BrN2O. The zero-order valence-electron chi connectivity index (χ0n) is 10.1. The molecule has 2 rings (SSSR count). The first-order valence-corrected chi connectivity index (χ1v) is 6.63. The molecule has 1 aromatic carbocycles. The molecule has 1 unspecified atom stereocenters. The average molecular weight is 297 g/mol. The number of nitrogens with one attached hydrogen (secondary N) is 1. The van der Waals surface area contributed by atoms with Gasteiger partial charge in [-0.25, -0.2) is 0 Å². The molecule has 4 heteroatoms. The fourth-order valence-corrected chi connectivity index (χ4v) is 2.39. The van der Waals surface area contributed by atoms with E-state index in [4.69, 9.17) is 0 Å². The van der Waals surface area contributed by atoms with E-state index in [0.717, 1.165) is 17.4 Å². The van der Waals surface area contributed by atoms with E-state index in [1.807, 2.05) is 19.2 Å². The second-order valence-corrected chi connectivity index (χ2v) is 5.46. The van der Waals surface area contributed by atoms with Gasteiger partial charge in [0, 0.05) is 24.1 Å². The fraction of sp³-hybridized carbons (Fsp3) is 0.462. The van der Waals surface area contributed by atoms with Crippen molar-refractivity contribution in [3.63, 3.8) is 0 Å². The van der Waals surface area contributed by atoms with E-state index in [9.17, 15) is 4.79 Å². The summed E-state index contributed by atoms with van der Waals surface area (Å²) in [5.41, 5.74) is 1.20. The number of nitrogens with zero attached hydrogens (tertiary/aromatic N) is 1. The number of benzene rings is 1. The van der Waals surface area contributed by atoms with Crippen LogP contribution < -0.4 is 5.32 Å². The highest BCUT2D eigenvalue weighted by Gasteiger charge is 2.29. The van der Waals surface area contributed by atoms with Gasteiger partial charge >= 0.3 is 0 Å². The maximum absolute atomic E-state index is 11.8. The van der Waals surface area contributed by atoms with Crippen LogP contribution in [-0.4, -0.2) is 30.4 Å². The number of rotatable bonds is 3. The molecule has 1 N–H and O–H groups in total. The average Bonchev–Trinajstić information content (AvgIpc) is 2.62. The number of likely N-dealkylation sites (tertiary alicyclic amines) is 1. The molecule has 1 heterocycles. The molecule has 1 aromatic rings. The van der Waals surface area contributed by atoms with Gasteiger partial charge in [-0.3, -0.25) is 10.1 Å². The van der Waals surface area contributed by atoms with E-state index in [2.05, 4.69) is 40.3 Å². The quantitative estimate of drug-likeness (QED) is 0.928. The maximum atomic E-state index is 11.8. The lowest BCUT2D eigenvalue weighted by Crippen LogP contribution is -2.38. The smallest absolute Gasteiger partial charge is 0.239 e. The predicted molar refractivity (Wildman–Crippen MR) is 71.7 cm³/mol. The van der Waals surface area contributed by atoms with Crippen LogP contribution in [0.3, 0.4) is 0 Å². The van der Waals surface area contributed by atoms with E-state index < -0.39 is 0 Å². The molecule has 3 nitrogen and oxygen atoms in total. The molecule has 0 radical (unpaired) electrons. The Hall–Kier alpha value is -0.870. The van der Waals surface area contributed by atoms with Crippen molar-refractivity contribution in [3.05, 3.63) is 34.3 Å². The van der Waals surface area contributed by atoms with E-state index in [1.54, 1.807) is 4.90 Å². The Morgan fingerprint density at radius 1 is 1.41 bits per heavy atom. The Balaban J connectivity index is 1.99. The molecular weight excluding hydrogens is 280 g/mol. The summed E-state index contributed by atoms with van der Waals surface area (Å²) in [6.07, 6.45) is 0.899. The van der Waals surface area contributed by atoms with Crippen LogP contribution in [0.5, 0.6) is 0 Å². The van der Waals surface area contributed by atoms with Crippen molar-refractivity contribution in [2.24, 2.45) is 0 Å². The van der Waals surface area contributed by atoms with Crippen molar-refractivity contribution in [1.29, 1.82) is 0 Å². The topological polar surface area (TPSA) is 32.3 Å². The number of hydrogen-bond acceptors (Lipinski definition) is 2. The molecule has 1 amide bonds. The molecule has 0 saturated carbocycles. The van der Waals surface area contributed by atoms with Crippen molar-refractivity contribution in [1.82, 2.24) is 10.2 Å². The lowest BCUT2D eigenvalue weighted by atomic mass is 10.1. The van der Waals surface area contributed by atoms with Gasteiger partial charge in [-0.05, 0) is 31.0 Å². The van der Waals surface area contributed by atoms with Crippen LogP contribution in [0.1, 0.15) is 24.9 Å². The third-order valence-corrected chi connectivity index (χ3v) is 3.78. The van der Waals surface area contributed by atoms with Gasteiger partial charge in [0.05, 0.1) is 6.04 Å². The van der Waals surface area contributed by atoms with Crippen molar-refractivity contribution in [2.75, 3.05) is 13.6 Å². The van der Waals surface area contributed by atoms with Gasteiger partial charge in [0.1, 0.15) is 0 Å². The lowest BCUT2D eigenvalue weighted by molar-refractivity contribution is -0.128. The maximum Gasteiger partial charge on any atom is 0.239 e. The van der Waals surface area contributed by atoms with Crippen LogP contribution in [0.25, 0.3) is 0 Å². The van der Waals surface area contributed by atoms with Crippen molar-refractivity contribution in [3.8, 4) is 0 Å². The molecule has 1 saturated heterocycles. The Bertz CT molecular complexity index is 404. The van der Waals surface area contributed by atoms with Gasteiger partial charge in [0.25, 0.3) is 0 Å². The highest BCUT2D eigenvalue weighted by atomic mass is 79.9. The minimum Gasteiger partial charge on any atom is -0.344 e. The molecule has 1 aliphatic heterocycles. The summed E-state index contributed by atoms with van der Waals surface area (Å²) < 4.78 is 1.07. The molecule has 0 aliphatic carbocycles. The number of amides is 1. The SMILES string of the molecule is C[C@H](NC1CCN(C)C1=O)c1ccc(Br)cc1. The van der Waals surface area contributed by atoms with Crippen molar-refractivity contribution >= 4 is 21.8 Å². The van der Waals surface area contributed by atoms with Crippen LogP contribution in [-0.2, 0) is 4.79 Å². The molecule has 2 atom stereocenters. The van der Waals surface area contributed by atoms with Gasteiger partial charge in [-0.15, -0.1) is 0 Å². The van der Waals surface area contributed by atoms with Gasteiger partial charge in [-0.1, -0.05) is 28.1 Å². The Morgan fingerprint density at radius 3 is 2.59 bits per heavy atom. The van der Waals surface area contributed by atoms with Gasteiger partial charge < -0.3 is 4.90 Å². The second-order valence-electron chi connectivity index (χ2n) is 4.54. The minimum absolute atomic E-state index is 0.0290. The van der Waals surface area contributed by atoms with Crippen molar-refractivity contribution in [2.45, 2.75) is 25.4 Å². The second kappa shape index (κ2) is 5.19. The predicted octanol–water partition coefficient (Wildman–Crippen LogP) is 2.33. The van der Waals surface area contributed by atoms with Crippen molar-refractivity contribution < 1.29 is 4.79 Å². The van der Waals surface area contributed by atoms with E-state index in [-0.39, 0.29) is 18.0 Å². The zero-order valence-corrected chi connectivity index (χ0v) is 11.7. The van der Waals surface area contributed by atoms with Gasteiger partial charge in [0.2, 0.25) is 5.91 Å². The highest BCUT2D eigenvalue weighted by Crippen LogP contribution is 2.19. The summed E-state index contributed by atoms with van der Waals surface area (Å²) in [6.45, 7) is 2.94. The molecule has 0 aromatic heterocycles. The number of likely N-dealkylation sites (N-methyl/N-ethyl adjacent to an activating group) is 1. The first-order valence-electron chi connectivity index (χ1n) is 5.84. The molecule has 0 spiro atoms. The minimum atomic E-state index is -0.0290. The Morgan fingerprint density at radius 2 is 2.06 bits per heavy atom. The fourth-order valence-electron chi connectivity index (χ4n) is 2.13. The number of halogens is 1. The third kappa shape index (κ3) is 2.87. The molecule has 0 bridgehead atoms. The first kappa shape index (κ1) is 12.6. The van der Waals surface area contributed by atoms with Crippen LogP contribution >= 0.6 is 15.9 Å². The third-order valence-electron chi connectivity index (χ3n) is 3.25. The first-order chi connectivity index (χ1) is 8.08. The van der Waals surface area contributed by atoms with Gasteiger partial charge in [0.15, 0.2) is 0 Å². The van der Waals surface area contributed by atoms with Crippen LogP contribution in [0.15, 0.2) is 28.7 Å². The van der Waals surface area contributed by atoms with Gasteiger partial charge in [-0.2, -0.15) is 0 Å². The van der Waals surface area contributed by atoms with Crippen LogP contribution in [0.2, 0.25) is 0 Å². The molecule has 1 aliphatic rings. The standard InChI is InChI=1S/C13H17BrN2O/c1-9(10-3-5-11(14)6-4-10)15-12-7-8-16(2)13(12)17/h3-6,9,12,15H,7-8H2,1-2H3/t9-,12?/m0/s1. The Labute approximate surface area is 110 Å². The molecule has 92 valence electrons. The monoisotopic (exact) mass is 296 g/mol. The summed E-state index contributed by atoms with van der Waals surface area (Å²) >= 11 is 3.42. The van der Waals surface area contributed by atoms with E-state index in [0.29, 0.717) is 0 Å². The van der Waals surface area contributed by atoms with Crippen LogP contribution in [0.4, 0.5) is 0 Å². The summed E-state index contributed by atoms with van der Waals surface area (Å²) in [5, 5.41) is 3.39. The largest absolute Gasteiger partial charge is 0.344 e. The van der Waals surface area contributed by atoms with E-state index >= 15 is 0 Å². The molecule has 1 fully saturated rings. The van der Waals surface area contributed by atoms with E-state index in [1.165, 1.54) is 5.56 Å². The molecule has 17 heavy (non-hydrogen) atoms.